The van der Waals surface area contributed by atoms with E-state index in [1.807, 2.05) is 0 Å². The van der Waals surface area contributed by atoms with Gasteiger partial charge in [-0.05, 0) is 38.1 Å². The summed E-state index contributed by atoms with van der Waals surface area (Å²) in [6.45, 7) is 3.26. The van der Waals surface area contributed by atoms with Crippen LogP contribution in [0.25, 0.3) is 0 Å². The van der Waals surface area contributed by atoms with Gasteiger partial charge in [0.1, 0.15) is 0 Å². The van der Waals surface area contributed by atoms with Gasteiger partial charge in [0, 0.05) is 10.7 Å². The topological polar surface area (TPSA) is 46.5 Å². The van der Waals surface area contributed by atoms with Crippen molar-refractivity contribution in [3.8, 4) is 0 Å². The minimum atomic E-state index is -3.55. The van der Waals surface area contributed by atoms with Gasteiger partial charge in [-0.1, -0.05) is 11.6 Å². The highest BCUT2D eigenvalue weighted by Crippen LogP contribution is 2.16. The highest BCUT2D eigenvalue weighted by Gasteiger charge is 2.11. The Balaban J connectivity index is 3.18. The molecule has 0 N–H and O–H groups in total. The van der Waals surface area contributed by atoms with Crippen molar-refractivity contribution in [1.82, 2.24) is 0 Å². The van der Waals surface area contributed by atoms with E-state index in [4.69, 9.17) is 11.6 Å². The lowest BCUT2D eigenvalue weighted by molar-refractivity contribution is 0.598. The molecule has 1 aromatic carbocycles. The van der Waals surface area contributed by atoms with E-state index < -0.39 is 10.0 Å². The van der Waals surface area contributed by atoms with Gasteiger partial charge in [0.15, 0.2) is 0 Å². The van der Waals surface area contributed by atoms with Crippen LogP contribution in [0.4, 0.5) is 0 Å². The third kappa shape index (κ3) is 2.82. The van der Waals surface area contributed by atoms with Crippen LogP contribution in [0.1, 0.15) is 13.8 Å². The maximum absolute atomic E-state index is 11.5. The number of hydrogen-bond acceptors (Lipinski definition) is 2. The highest BCUT2D eigenvalue weighted by molar-refractivity contribution is 7.90. The van der Waals surface area contributed by atoms with E-state index in [-0.39, 0.29) is 4.90 Å². The van der Waals surface area contributed by atoms with Crippen molar-refractivity contribution in [2.75, 3.05) is 0 Å². The van der Waals surface area contributed by atoms with Gasteiger partial charge in [0.05, 0.1) is 4.90 Å². The average Bonchev–Trinajstić information content (AvgIpc) is 2.02. The van der Waals surface area contributed by atoms with Gasteiger partial charge in [-0.2, -0.15) is 12.8 Å². The first kappa shape index (κ1) is 11.2. The Bertz CT molecular complexity index is 444. The van der Waals surface area contributed by atoms with Gasteiger partial charge in [-0.25, -0.2) is 0 Å². The van der Waals surface area contributed by atoms with Crippen LogP contribution in [0.2, 0.25) is 5.02 Å². The van der Waals surface area contributed by atoms with Crippen LogP contribution in [-0.2, 0) is 10.0 Å². The predicted octanol–water partition coefficient (Wildman–Crippen LogP) is 2.51. The Labute approximate surface area is 88.5 Å². The molecule has 76 valence electrons. The molecule has 1 rings (SSSR count). The van der Waals surface area contributed by atoms with Gasteiger partial charge in [-0.15, -0.1) is 0 Å². The van der Waals surface area contributed by atoms with E-state index in [0.29, 0.717) is 10.7 Å². The van der Waals surface area contributed by atoms with Gasteiger partial charge in [0.2, 0.25) is 0 Å². The standard InChI is InChI=1S/C9H10ClNO2S/c1-7(2)11-14(12,13)9-5-3-8(10)4-6-9/h3-6H,1-2H3. The average molecular weight is 232 g/mol. The van der Waals surface area contributed by atoms with Crippen LogP contribution >= 0.6 is 11.6 Å². The molecule has 0 radical (unpaired) electrons. The largest absolute Gasteiger partial charge is 0.282 e. The molecule has 0 aliphatic heterocycles. The van der Waals surface area contributed by atoms with Crippen LogP contribution in [0.5, 0.6) is 0 Å². The maximum atomic E-state index is 11.5. The molecular formula is C9H10ClNO2S. The number of hydrogen-bond donors (Lipinski definition) is 0. The monoisotopic (exact) mass is 231 g/mol. The molecule has 0 fully saturated rings. The first-order valence-corrected chi connectivity index (χ1v) is 5.77. The van der Waals surface area contributed by atoms with E-state index in [1.165, 1.54) is 24.3 Å². The molecule has 14 heavy (non-hydrogen) atoms. The second-order valence-electron chi connectivity index (χ2n) is 2.97. The summed E-state index contributed by atoms with van der Waals surface area (Å²) in [5.41, 5.74) is 0.500. The van der Waals surface area contributed by atoms with Crippen molar-refractivity contribution >= 4 is 27.3 Å². The summed E-state index contributed by atoms with van der Waals surface area (Å²) in [5, 5.41) is 0.501. The van der Waals surface area contributed by atoms with Crippen molar-refractivity contribution in [3.05, 3.63) is 29.3 Å². The van der Waals surface area contributed by atoms with Crippen LogP contribution in [0.3, 0.4) is 0 Å². The smallest absolute Gasteiger partial charge is 0.199 e. The Morgan fingerprint density at radius 1 is 1.21 bits per heavy atom. The minimum Gasteiger partial charge on any atom is -0.199 e. The van der Waals surface area contributed by atoms with Crippen molar-refractivity contribution in [2.45, 2.75) is 18.7 Å². The lowest BCUT2D eigenvalue weighted by atomic mass is 10.4. The summed E-state index contributed by atoms with van der Waals surface area (Å²) in [6, 6.07) is 5.91. The van der Waals surface area contributed by atoms with Gasteiger partial charge < -0.3 is 0 Å². The second kappa shape index (κ2) is 4.11. The lowest BCUT2D eigenvalue weighted by Crippen LogP contribution is -1.99. The van der Waals surface area contributed by atoms with Crippen LogP contribution in [0, 0.1) is 0 Å². The third-order valence-electron chi connectivity index (χ3n) is 1.41. The summed E-state index contributed by atoms with van der Waals surface area (Å²) >= 11 is 5.64. The Hall–Kier alpha value is -0.870. The third-order valence-corrected chi connectivity index (χ3v) is 3.14. The fraction of sp³-hybridized carbons (Fsp3) is 0.222. The number of sulfonamides is 1. The Kier molecular flexibility index (Phi) is 3.29. The molecule has 0 aliphatic rings. The summed E-state index contributed by atoms with van der Waals surface area (Å²) < 4.78 is 26.6. The first-order chi connectivity index (χ1) is 6.42. The van der Waals surface area contributed by atoms with Crippen molar-refractivity contribution in [1.29, 1.82) is 0 Å². The summed E-state index contributed by atoms with van der Waals surface area (Å²) in [5.74, 6) is 0. The number of benzene rings is 1. The van der Waals surface area contributed by atoms with Crippen molar-refractivity contribution in [3.63, 3.8) is 0 Å². The second-order valence-corrected chi connectivity index (χ2v) is 5.01. The van der Waals surface area contributed by atoms with Crippen LogP contribution < -0.4 is 0 Å². The zero-order valence-corrected chi connectivity index (χ0v) is 9.43. The quantitative estimate of drug-likeness (QED) is 0.735. The molecule has 0 heterocycles. The molecule has 0 atom stereocenters. The van der Waals surface area contributed by atoms with Crippen LogP contribution in [0.15, 0.2) is 33.6 Å². The Morgan fingerprint density at radius 3 is 2.14 bits per heavy atom. The highest BCUT2D eigenvalue weighted by atomic mass is 35.5. The number of rotatable bonds is 2. The zero-order chi connectivity index (χ0) is 10.8. The number of nitrogens with zero attached hydrogens (tertiary/aromatic N) is 1. The molecule has 0 unspecified atom stereocenters. The zero-order valence-electron chi connectivity index (χ0n) is 7.86. The summed E-state index contributed by atoms with van der Waals surface area (Å²) in [4.78, 5) is 0.156. The van der Waals surface area contributed by atoms with E-state index in [9.17, 15) is 8.42 Å². The van der Waals surface area contributed by atoms with E-state index in [2.05, 4.69) is 4.40 Å². The summed E-state index contributed by atoms with van der Waals surface area (Å²) in [6.07, 6.45) is 0. The first-order valence-electron chi connectivity index (χ1n) is 3.95. The van der Waals surface area contributed by atoms with Crippen molar-refractivity contribution in [2.24, 2.45) is 4.40 Å². The van der Waals surface area contributed by atoms with Crippen LogP contribution in [-0.4, -0.2) is 14.1 Å². The molecular weight excluding hydrogens is 222 g/mol. The van der Waals surface area contributed by atoms with E-state index in [1.54, 1.807) is 13.8 Å². The molecule has 0 amide bonds. The molecule has 0 aromatic heterocycles. The normalized spacial score (nSPS) is 11.1. The van der Waals surface area contributed by atoms with Gasteiger partial charge in [-0.3, -0.25) is 0 Å². The fourth-order valence-corrected chi connectivity index (χ4v) is 2.09. The molecule has 5 heteroatoms. The van der Waals surface area contributed by atoms with E-state index >= 15 is 0 Å². The molecule has 0 spiro atoms. The lowest BCUT2D eigenvalue weighted by Gasteiger charge is -1.98. The predicted molar refractivity (Wildman–Crippen MR) is 57.4 cm³/mol. The molecule has 3 nitrogen and oxygen atoms in total. The fourth-order valence-electron chi connectivity index (χ4n) is 0.900. The maximum Gasteiger partial charge on any atom is 0.282 e. The SMILES string of the molecule is CC(C)=NS(=O)(=O)c1ccc(Cl)cc1. The van der Waals surface area contributed by atoms with Gasteiger partial charge in [0.25, 0.3) is 10.0 Å². The molecule has 0 saturated carbocycles. The number of halogens is 1. The molecule has 0 bridgehead atoms. The van der Waals surface area contributed by atoms with Gasteiger partial charge >= 0.3 is 0 Å². The molecule has 0 saturated heterocycles. The Morgan fingerprint density at radius 2 is 1.71 bits per heavy atom. The van der Waals surface area contributed by atoms with E-state index in [0.717, 1.165) is 0 Å². The molecule has 1 aromatic rings. The minimum absolute atomic E-state index is 0.156. The molecule has 0 aliphatic carbocycles. The summed E-state index contributed by atoms with van der Waals surface area (Å²) in [7, 11) is -3.55. The van der Waals surface area contributed by atoms with Crippen molar-refractivity contribution < 1.29 is 8.42 Å².